The Morgan fingerprint density at radius 3 is 2.27 bits per heavy atom. The minimum atomic E-state index is -0.214. The van der Waals surface area contributed by atoms with Gasteiger partial charge in [-0.05, 0) is 45.2 Å². The maximum absolute atomic E-state index is 12.0. The monoisotopic (exact) mass is 361 g/mol. The number of carbonyl (C=O) groups is 2. The molecule has 0 atom stereocenters. The molecular formula is C19H31N5O2. The number of hydrogen-bond acceptors (Lipinski definition) is 4. The van der Waals surface area contributed by atoms with E-state index in [0.29, 0.717) is 13.1 Å². The Kier molecular flexibility index (Phi) is 7.26. The van der Waals surface area contributed by atoms with Crippen molar-refractivity contribution in [2.75, 3.05) is 56.1 Å². The van der Waals surface area contributed by atoms with Crippen LogP contribution in [0.5, 0.6) is 0 Å². The van der Waals surface area contributed by atoms with Gasteiger partial charge in [0.25, 0.3) is 0 Å². The Morgan fingerprint density at radius 2 is 1.73 bits per heavy atom. The average molecular weight is 361 g/mol. The summed E-state index contributed by atoms with van der Waals surface area (Å²) < 4.78 is 0. The third kappa shape index (κ3) is 5.91. The van der Waals surface area contributed by atoms with Gasteiger partial charge >= 0.3 is 6.03 Å². The van der Waals surface area contributed by atoms with Crippen molar-refractivity contribution < 1.29 is 9.59 Å². The first-order chi connectivity index (χ1) is 12.4. The Morgan fingerprint density at radius 1 is 1.12 bits per heavy atom. The van der Waals surface area contributed by atoms with E-state index in [-0.39, 0.29) is 18.0 Å². The summed E-state index contributed by atoms with van der Waals surface area (Å²) in [6.45, 7) is 10.3. The number of urea groups is 1. The Labute approximate surface area is 156 Å². The zero-order valence-electron chi connectivity index (χ0n) is 16.3. The molecule has 0 saturated carbocycles. The van der Waals surface area contributed by atoms with E-state index in [9.17, 15) is 9.59 Å². The van der Waals surface area contributed by atoms with Crippen LogP contribution in [0, 0.1) is 0 Å². The predicted octanol–water partition coefficient (Wildman–Crippen LogP) is 1.50. The smallest absolute Gasteiger partial charge is 0.315 e. The van der Waals surface area contributed by atoms with Crippen molar-refractivity contribution in [3.8, 4) is 0 Å². The molecule has 7 heteroatoms. The summed E-state index contributed by atoms with van der Waals surface area (Å²) >= 11 is 0. The molecule has 7 nitrogen and oxygen atoms in total. The van der Waals surface area contributed by atoms with Gasteiger partial charge < -0.3 is 25.3 Å². The molecule has 26 heavy (non-hydrogen) atoms. The first-order valence-electron chi connectivity index (χ1n) is 9.23. The number of rotatable bonds is 6. The SMILES string of the molecule is CC(=O)N(CCNC(=O)NC(C)C)c1ccc(N2CCN(C)CC2)cc1. The maximum Gasteiger partial charge on any atom is 0.315 e. The van der Waals surface area contributed by atoms with Gasteiger partial charge in [0.05, 0.1) is 0 Å². The van der Waals surface area contributed by atoms with Crippen LogP contribution in [0.25, 0.3) is 0 Å². The third-order valence-corrected chi connectivity index (χ3v) is 4.45. The fraction of sp³-hybridized carbons (Fsp3) is 0.579. The number of piperazine rings is 1. The zero-order valence-corrected chi connectivity index (χ0v) is 16.3. The molecule has 1 aromatic carbocycles. The largest absolute Gasteiger partial charge is 0.369 e. The first-order valence-corrected chi connectivity index (χ1v) is 9.23. The average Bonchev–Trinajstić information content (AvgIpc) is 2.59. The van der Waals surface area contributed by atoms with Crippen LogP contribution >= 0.6 is 0 Å². The molecule has 1 aliphatic rings. The van der Waals surface area contributed by atoms with E-state index in [0.717, 1.165) is 31.9 Å². The van der Waals surface area contributed by atoms with Crippen LogP contribution in [-0.4, -0.2) is 69.2 Å². The minimum absolute atomic E-state index is 0.0385. The molecule has 2 N–H and O–H groups in total. The van der Waals surface area contributed by atoms with Crippen molar-refractivity contribution in [3.63, 3.8) is 0 Å². The van der Waals surface area contributed by atoms with Crippen molar-refractivity contribution in [2.24, 2.45) is 0 Å². The fourth-order valence-electron chi connectivity index (χ4n) is 2.97. The molecule has 2 rings (SSSR count). The van der Waals surface area contributed by atoms with Gasteiger partial charge in [0.15, 0.2) is 0 Å². The van der Waals surface area contributed by atoms with E-state index in [1.165, 1.54) is 5.69 Å². The van der Waals surface area contributed by atoms with E-state index >= 15 is 0 Å². The summed E-state index contributed by atoms with van der Waals surface area (Å²) in [4.78, 5) is 30.0. The molecular weight excluding hydrogens is 330 g/mol. The molecule has 1 heterocycles. The lowest BCUT2D eigenvalue weighted by Gasteiger charge is -2.34. The quantitative estimate of drug-likeness (QED) is 0.806. The molecule has 144 valence electrons. The second-order valence-electron chi connectivity index (χ2n) is 7.03. The number of carbonyl (C=O) groups excluding carboxylic acids is 2. The molecule has 1 saturated heterocycles. The molecule has 0 spiro atoms. The van der Waals surface area contributed by atoms with Crippen molar-refractivity contribution in [2.45, 2.75) is 26.8 Å². The highest BCUT2D eigenvalue weighted by molar-refractivity contribution is 5.91. The summed E-state index contributed by atoms with van der Waals surface area (Å²) in [6.07, 6.45) is 0. The van der Waals surface area contributed by atoms with Crippen molar-refractivity contribution in [1.82, 2.24) is 15.5 Å². The molecule has 1 fully saturated rings. The molecule has 0 radical (unpaired) electrons. The van der Waals surface area contributed by atoms with Crippen LogP contribution in [0.2, 0.25) is 0 Å². The molecule has 1 aliphatic heterocycles. The summed E-state index contributed by atoms with van der Waals surface area (Å²) in [5.41, 5.74) is 2.03. The molecule has 1 aromatic rings. The van der Waals surface area contributed by atoms with E-state index < -0.39 is 0 Å². The standard InChI is InChI=1S/C19H31N5O2/c1-15(2)21-19(26)20-9-10-24(16(3)25)18-7-5-17(6-8-18)23-13-11-22(4)12-14-23/h5-8,15H,9-14H2,1-4H3,(H2,20,21,26). The summed E-state index contributed by atoms with van der Waals surface area (Å²) in [5, 5.41) is 5.55. The van der Waals surface area contributed by atoms with Gasteiger partial charge in [-0.25, -0.2) is 4.79 Å². The van der Waals surface area contributed by atoms with Crippen molar-refractivity contribution >= 4 is 23.3 Å². The van der Waals surface area contributed by atoms with Crippen LogP contribution in [-0.2, 0) is 4.79 Å². The summed E-state index contributed by atoms with van der Waals surface area (Å²) in [6, 6.07) is 7.95. The minimum Gasteiger partial charge on any atom is -0.369 e. The number of amides is 3. The second-order valence-corrected chi connectivity index (χ2v) is 7.03. The van der Waals surface area contributed by atoms with Crippen molar-refractivity contribution in [3.05, 3.63) is 24.3 Å². The lowest BCUT2D eigenvalue weighted by molar-refractivity contribution is -0.116. The van der Waals surface area contributed by atoms with Gasteiger partial charge in [-0.2, -0.15) is 0 Å². The number of hydrogen-bond donors (Lipinski definition) is 2. The molecule has 3 amide bonds. The lowest BCUT2D eigenvalue weighted by atomic mass is 10.2. The van der Waals surface area contributed by atoms with E-state index in [2.05, 4.69) is 39.6 Å². The van der Waals surface area contributed by atoms with E-state index in [4.69, 9.17) is 0 Å². The number of likely N-dealkylation sites (N-methyl/N-ethyl adjacent to an activating group) is 1. The highest BCUT2D eigenvalue weighted by Gasteiger charge is 2.16. The first kappa shape index (κ1) is 20.0. The van der Waals surface area contributed by atoms with Crippen LogP contribution in [0.4, 0.5) is 16.2 Å². The van der Waals surface area contributed by atoms with Gasteiger partial charge in [-0.15, -0.1) is 0 Å². The Bertz CT molecular complexity index is 594. The van der Waals surface area contributed by atoms with Crippen LogP contribution < -0.4 is 20.4 Å². The fourth-order valence-corrected chi connectivity index (χ4v) is 2.97. The highest BCUT2D eigenvalue weighted by Crippen LogP contribution is 2.22. The maximum atomic E-state index is 12.0. The van der Waals surface area contributed by atoms with Gasteiger partial charge in [0, 0.05) is 63.6 Å². The topological polar surface area (TPSA) is 67.9 Å². The highest BCUT2D eigenvalue weighted by atomic mass is 16.2. The van der Waals surface area contributed by atoms with Crippen LogP contribution in [0.3, 0.4) is 0 Å². The van der Waals surface area contributed by atoms with Crippen LogP contribution in [0.15, 0.2) is 24.3 Å². The van der Waals surface area contributed by atoms with Crippen LogP contribution in [0.1, 0.15) is 20.8 Å². The van der Waals surface area contributed by atoms with E-state index in [1.54, 1.807) is 11.8 Å². The Balaban J connectivity index is 1.92. The number of anilines is 2. The molecule has 0 bridgehead atoms. The van der Waals surface area contributed by atoms with Gasteiger partial charge in [-0.3, -0.25) is 4.79 Å². The molecule has 0 unspecified atom stereocenters. The van der Waals surface area contributed by atoms with E-state index in [1.807, 2.05) is 26.0 Å². The van der Waals surface area contributed by atoms with Gasteiger partial charge in [0.1, 0.15) is 0 Å². The van der Waals surface area contributed by atoms with Gasteiger partial charge in [-0.1, -0.05) is 0 Å². The number of benzene rings is 1. The zero-order chi connectivity index (χ0) is 19.1. The lowest BCUT2D eigenvalue weighted by Crippen LogP contribution is -2.44. The van der Waals surface area contributed by atoms with Gasteiger partial charge in [0.2, 0.25) is 5.91 Å². The molecule has 0 aliphatic carbocycles. The number of nitrogens with zero attached hydrogens (tertiary/aromatic N) is 3. The molecule has 0 aromatic heterocycles. The predicted molar refractivity (Wildman–Crippen MR) is 106 cm³/mol. The summed E-state index contributed by atoms with van der Waals surface area (Å²) in [5.74, 6) is -0.0385. The third-order valence-electron chi connectivity index (χ3n) is 4.45. The number of nitrogens with one attached hydrogen (secondary N) is 2. The second kappa shape index (κ2) is 9.43. The Hall–Kier alpha value is -2.28. The van der Waals surface area contributed by atoms with Crippen molar-refractivity contribution in [1.29, 1.82) is 0 Å². The normalized spacial score (nSPS) is 15.0. The summed E-state index contributed by atoms with van der Waals surface area (Å²) in [7, 11) is 2.14.